The summed E-state index contributed by atoms with van der Waals surface area (Å²) >= 11 is 0. The summed E-state index contributed by atoms with van der Waals surface area (Å²) in [5, 5.41) is 2.73. The van der Waals surface area contributed by atoms with Crippen molar-refractivity contribution in [1.82, 2.24) is 5.32 Å². The van der Waals surface area contributed by atoms with Crippen LogP contribution in [0.3, 0.4) is 0 Å². The molecule has 35 heavy (non-hydrogen) atoms. The third kappa shape index (κ3) is 6.45. The molecule has 9 heteroatoms. The monoisotopic (exact) mass is 498 g/mol. The van der Waals surface area contributed by atoms with Crippen LogP contribution in [-0.2, 0) is 14.8 Å². The molecule has 0 aliphatic rings. The molecule has 0 atom stereocenters. The number of amides is 1. The maximum Gasteiger partial charge on any atom is 0.264 e. The van der Waals surface area contributed by atoms with E-state index in [1.165, 1.54) is 32.4 Å². The average Bonchev–Trinajstić information content (AvgIpc) is 2.86. The average molecular weight is 499 g/mol. The lowest BCUT2D eigenvalue weighted by Crippen LogP contribution is -2.42. The van der Waals surface area contributed by atoms with Crippen molar-refractivity contribution in [3.05, 3.63) is 77.9 Å². The predicted octanol–water partition coefficient (Wildman–Crippen LogP) is 3.71. The van der Waals surface area contributed by atoms with Crippen molar-refractivity contribution in [3.63, 3.8) is 0 Å². The molecule has 0 aromatic heterocycles. The van der Waals surface area contributed by atoms with Crippen LogP contribution in [0.15, 0.2) is 71.6 Å². The van der Waals surface area contributed by atoms with Crippen molar-refractivity contribution in [2.75, 3.05) is 38.2 Å². The summed E-state index contributed by atoms with van der Waals surface area (Å²) in [6.45, 7) is 3.80. The van der Waals surface area contributed by atoms with Crippen LogP contribution in [0.5, 0.6) is 17.2 Å². The Kier molecular flexibility index (Phi) is 8.59. The zero-order valence-corrected chi connectivity index (χ0v) is 21.1. The molecule has 0 aliphatic carbocycles. The first kappa shape index (κ1) is 25.9. The zero-order chi connectivity index (χ0) is 25.4. The highest BCUT2D eigenvalue weighted by atomic mass is 32.2. The highest BCUT2D eigenvalue weighted by Crippen LogP contribution is 2.35. The quantitative estimate of drug-likeness (QED) is 0.405. The van der Waals surface area contributed by atoms with E-state index in [2.05, 4.69) is 5.32 Å². The third-order valence-corrected chi connectivity index (χ3v) is 7.10. The predicted molar refractivity (Wildman–Crippen MR) is 135 cm³/mol. The summed E-state index contributed by atoms with van der Waals surface area (Å²) < 4.78 is 44.7. The van der Waals surface area contributed by atoms with Crippen LogP contribution in [0.4, 0.5) is 5.69 Å². The van der Waals surface area contributed by atoms with Gasteiger partial charge in [0.05, 0.1) is 31.3 Å². The number of aryl methyl sites for hydroxylation is 2. The summed E-state index contributed by atoms with van der Waals surface area (Å²) in [4.78, 5) is 12.9. The first-order valence-corrected chi connectivity index (χ1v) is 12.5. The molecular weight excluding hydrogens is 468 g/mol. The Morgan fingerprint density at radius 2 is 1.63 bits per heavy atom. The molecule has 0 saturated carbocycles. The Bertz CT molecular complexity index is 1260. The van der Waals surface area contributed by atoms with Crippen molar-refractivity contribution in [2.45, 2.75) is 18.7 Å². The van der Waals surface area contributed by atoms with E-state index in [-0.39, 0.29) is 29.5 Å². The molecule has 0 unspecified atom stereocenters. The van der Waals surface area contributed by atoms with E-state index in [1.807, 2.05) is 38.1 Å². The normalized spacial score (nSPS) is 11.0. The zero-order valence-electron chi connectivity index (χ0n) is 20.3. The summed E-state index contributed by atoms with van der Waals surface area (Å²) in [6, 6.07) is 18.8. The van der Waals surface area contributed by atoms with Gasteiger partial charge in [0.2, 0.25) is 5.91 Å². The molecule has 0 aliphatic heterocycles. The fourth-order valence-corrected chi connectivity index (χ4v) is 4.81. The molecule has 0 heterocycles. The van der Waals surface area contributed by atoms with E-state index in [9.17, 15) is 13.2 Å². The van der Waals surface area contributed by atoms with E-state index >= 15 is 0 Å². The second-order valence-corrected chi connectivity index (χ2v) is 9.69. The number of rotatable bonds is 11. The number of nitrogens with zero attached hydrogens (tertiary/aromatic N) is 1. The lowest BCUT2D eigenvalue weighted by Gasteiger charge is -2.26. The van der Waals surface area contributed by atoms with Crippen molar-refractivity contribution < 1.29 is 27.4 Å². The van der Waals surface area contributed by atoms with Gasteiger partial charge in [-0.05, 0) is 49.7 Å². The van der Waals surface area contributed by atoms with Crippen LogP contribution in [0.25, 0.3) is 0 Å². The number of benzene rings is 3. The number of anilines is 1. The lowest BCUT2D eigenvalue weighted by molar-refractivity contribution is -0.119. The molecule has 1 amide bonds. The lowest BCUT2D eigenvalue weighted by atomic mass is 10.2. The van der Waals surface area contributed by atoms with Crippen LogP contribution in [0.2, 0.25) is 0 Å². The minimum absolute atomic E-state index is 0.0589. The Balaban J connectivity index is 1.83. The number of hydrogen-bond donors (Lipinski definition) is 1. The molecule has 186 valence electrons. The number of methoxy groups -OCH3 is 2. The highest BCUT2D eigenvalue weighted by molar-refractivity contribution is 7.92. The second kappa shape index (κ2) is 11.6. The van der Waals surface area contributed by atoms with Crippen molar-refractivity contribution in [1.29, 1.82) is 0 Å². The largest absolute Gasteiger partial charge is 0.497 e. The van der Waals surface area contributed by atoms with Gasteiger partial charge in [-0.2, -0.15) is 0 Å². The molecule has 1 N–H and O–H groups in total. The number of ether oxygens (including phenoxy) is 3. The molecule has 0 fully saturated rings. The van der Waals surface area contributed by atoms with E-state index in [0.29, 0.717) is 5.75 Å². The van der Waals surface area contributed by atoms with Gasteiger partial charge in [-0.15, -0.1) is 0 Å². The molecule has 3 aromatic rings. The van der Waals surface area contributed by atoms with Gasteiger partial charge < -0.3 is 19.5 Å². The number of sulfonamides is 1. The van der Waals surface area contributed by atoms with E-state index in [4.69, 9.17) is 14.2 Å². The molecule has 0 bridgehead atoms. The van der Waals surface area contributed by atoms with Gasteiger partial charge in [-0.3, -0.25) is 9.10 Å². The maximum absolute atomic E-state index is 13.6. The number of nitrogens with one attached hydrogen (secondary N) is 1. The summed E-state index contributed by atoms with van der Waals surface area (Å²) in [5.74, 6) is 0.958. The third-order valence-electron chi connectivity index (χ3n) is 5.33. The minimum atomic E-state index is -4.10. The minimum Gasteiger partial charge on any atom is -0.497 e. The van der Waals surface area contributed by atoms with Gasteiger partial charge in [0.25, 0.3) is 10.0 Å². The fourth-order valence-electron chi connectivity index (χ4n) is 3.38. The molecule has 0 saturated heterocycles. The number of hydrogen-bond acceptors (Lipinski definition) is 6. The highest BCUT2D eigenvalue weighted by Gasteiger charge is 2.30. The summed E-state index contributed by atoms with van der Waals surface area (Å²) in [7, 11) is -1.18. The summed E-state index contributed by atoms with van der Waals surface area (Å²) in [5.41, 5.74) is 2.10. The molecule has 3 aromatic carbocycles. The number of carbonyl (C=O) groups is 1. The first-order valence-electron chi connectivity index (χ1n) is 11.0. The first-order chi connectivity index (χ1) is 16.8. The van der Waals surface area contributed by atoms with Crippen molar-refractivity contribution in [3.8, 4) is 17.2 Å². The standard InChI is InChI=1S/C26H30N2O6S/c1-19-9-12-22(13-10-19)35(30,31)28(23-17-21(32-3)11-14-25(23)33-4)18-26(29)27-15-16-34-24-8-6-5-7-20(24)2/h5-14,17H,15-16,18H2,1-4H3,(H,27,29). The van der Waals surface area contributed by atoms with Gasteiger partial charge >= 0.3 is 0 Å². The molecule has 0 radical (unpaired) electrons. The van der Waals surface area contributed by atoms with Crippen LogP contribution < -0.4 is 23.8 Å². The Morgan fingerprint density at radius 3 is 2.29 bits per heavy atom. The van der Waals surface area contributed by atoms with Gasteiger partial charge in [0, 0.05) is 6.07 Å². The second-order valence-electron chi connectivity index (χ2n) is 7.83. The van der Waals surface area contributed by atoms with E-state index in [1.54, 1.807) is 24.3 Å². The van der Waals surface area contributed by atoms with Gasteiger partial charge in [0.1, 0.15) is 30.4 Å². The Morgan fingerprint density at radius 1 is 0.914 bits per heavy atom. The van der Waals surface area contributed by atoms with Gasteiger partial charge in [0.15, 0.2) is 0 Å². The summed E-state index contributed by atoms with van der Waals surface area (Å²) in [6.07, 6.45) is 0. The van der Waals surface area contributed by atoms with Gasteiger partial charge in [-0.1, -0.05) is 35.9 Å². The smallest absolute Gasteiger partial charge is 0.264 e. The molecule has 3 rings (SSSR count). The SMILES string of the molecule is COc1ccc(OC)c(N(CC(=O)NCCOc2ccccc2C)S(=O)(=O)c2ccc(C)cc2)c1. The van der Waals surface area contributed by atoms with Crippen LogP contribution >= 0.6 is 0 Å². The fraction of sp³-hybridized carbons (Fsp3) is 0.269. The topological polar surface area (TPSA) is 94.2 Å². The van der Waals surface area contributed by atoms with Crippen LogP contribution in [0.1, 0.15) is 11.1 Å². The van der Waals surface area contributed by atoms with Crippen molar-refractivity contribution >= 4 is 21.6 Å². The van der Waals surface area contributed by atoms with E-state index < -0.39 is 22.5 Å². The molecule has 8 nitrogen and oxygen atoms in total. The van der Waals surface area contributed by atoms with Crippen LogP contribution in [-0.4, -0.2) is 48.2 Å². The molecular formula is C26H30N2O6S. The Labute approximate surface area is 206 Å². The van der Waals surface area contributed by atoms with Crippen molar-refractivity contribution in [2.24, 2.45) is 0 Å². The number of carbonyl (C=O) groups excluding carboxylic acids is 1. The number of para-hydroxylation sites is 1. The van der Waals surface area contributed by atoms with E-state index in [0.717, 1.165) is 21.2 Å². The van der Waals surface area contributed by atoms with Crippen LogP contribution in [0, 0.1) is 13.8 Å². The Hall–Kier alpha value is -3.72. The van der Waals surface area contributed by atoms with Gasteiger partial charge in [-0.25, -0.2) is 8.42 Å². The molecule has 0 spiro atoms. The maximum atomic E-state index is 13.6.